The van der Waals surface area contributed by atoms with Crippen LogP contribution in [0.2, 0.25) is 0 Å². The van der Waals surface area contributed by atoms with E-state index >= 15 is 0 Å². The number of carbonyl (C=O) groups excluding carboxylic acids is 1. The molecule has 5 nitrogen and oxygen atoms in total. The first-order valence-electron chi connectivity index (χ1n) is 7.43. The third-order valence-electron chi connectivity index (χ3n) is 4.36. The molecule has 2 rings (SSSR count). The summed E-state index contributed by atoms with van der Waals surface area (Å²) in [4.78, 5) is 13.4. The van der Waals surface area contributed by atoms with Crippen molar-refractivity contribution >= 4 is 17.3 Å². The van der Waals surface area contributed by atoms with Gasteiger partial charge in [-0.1, -0.05) is 12.8 Å². The van der Waals surface area contributed by atoms with Crippen molar-refractivity contribution in [2.45, 2.75) is 25.7 Å². The molecule has 0 spiro atoms. The summed E-state index contributed by atoms with van der Waals surface area (Å²) in [5, 5.41) is 13.0. The van der Waals surface area contributed by atoms with Crippen molar-refractivity contribution in [2.24, 2.45) is 5.41 Å². The Balaban J connectivity index is 2.06. The van der Waals surface area contributed by atoms with E-state index in [0.29, 0.717) is 17.8 Å². The van der Waals surface area contributed by atoms with Crippen LogP contribution in [0.1, 0.15) is 36.0 Å². The van der Waals surface area contributed by atoms with Gasteiger partial charge in [0.15, 0.2) is 0 Å². The first-order chi connectivity index (χ1) is 9.97. The highest BCUT2D eigenvalue weighted by Gasteiger charge is 2.33. The van der Waals surface area contributed by atoms with E-state index in [4.69, 9.17) is 5.73 Å². The van der Waals surface area contributed by atoms with Crippen LogP contribution in [0.25, 0.3) is 0 Å². The molecule has 0 unspecified atom stereocenters. The normalized spacial score (nSPS) is 16.7. The van der Waals surface area contributed by atoms with Gasteiger partial charge >= 0.3 is 0 Å². The van der Waals surface area contributed by atoms with Crippen LogP contribution in [0.15, 0.2) is 18.2 Å². The topological polar surface area (TPSA) is 78.6 Å². The molecule has 1 fully saturated rings. The molecule has 0 atom stereocenters. The fourth-order valence-electron chi connectivity index (χ4n) is 2.91. The minimum atomic E-state index is -0.0594. The predicted molar refractivity (Wildman–Crippen MR) is 85.3 cm³/mol. The lowest BCUT2D eigenvalue weighted by molar-refractivity contribution is 0.0827. The number of rotatable bonds is 5. The van der Waals surface area contributed by atoms with Crippen LogP contribution in [-0.2, 0) is 0 Å². The number of hydrogen-bond donors (Lipinski definition) is 3. The zero-order valence-electron chi connectivity index (χ0n) is 12.9. The Hall–Kier alpha value is -1.75. The number of nitrogen functional groups attached to an aromatic ring is 1. The van der Waals surface area contributed by atoms with Gasteiger partial charge < -0.3 is 21.1 Å². The largest absolute Gasteiger partial charge is 0.397 e. The van der Waals surface area contributed by atoms with Crippen LogP contribution in [0.4, 0.5) is 11.4 Å². The number of aliphatic hydroxyl groups is 1. The monoisotopic (exact) mass is 291 g/mol. The van der Waals surface area contributed by atoms with Crippen molar-refractivity contribution in [3.63, 3.8) is 0 Å². The number of amides is 1. The lowest BCUT2D eigenvalue weighted by atomic mass is 9.87. The van der Waals surface area contributed by atoms with Gasteiger partial charge in [0.25, 0.3) is 5.91 Å². The lowest BCUT2D eigenvalue weighted by Crippen LogP contribution is -2.30. The molecular formula is C16H25N3O2. The maximum absolute atomic E-state index is 11.9. The molecule has 21 heavy (non-hydrogen) atoms. The summed E-state index contributed by atoms with van der Waals surface area (Å²) in [5.74, 6) is -0.0594. The van der Waals surface area contributed by atoms with Crippen LogP contribution < -0.4 is 11.1 Å². The van der Waals surface area contributed by atoms with Crippen LogP contribution in [0.3, 0.4) is 0 Å². The molecule has 0 aromatic heterocycles. The second-order valence-corrected chi connectivity index (χ2v) is 6.22. The Kier molecular flexibility index (Phi) is 4.73. The third-order valence-corrected chi connectivity index (χ3v) is 4.36. The molecule has 4 N–H and O–H groups in total. The van der Waals surface area contributed by atoms with Crippen molar-refractivity contribution in [1.29, 1.82) is 0 Å². The average Bonchev–Trinajstić information content (AvgIpc) is 2.94. The molecule has 1 aromatic carbocycles. The van der Waals surface area contributed by atoms with E-state index in [1.165, 1.54) is 17.7 Å². The fraction of sp³-hybridized carbons (Fsp3) is 0.562. The van der Waals surface area contributed by atoms with Gasteiger partial charge in [-0.3, -0.25) is 4.79 Å². The standard InChI is InChI=1S/C16H25N3O2/c1-19(2)15(21)12-5-6-14(13(17)9-12)18-10-16(11-20)7-3-4-8-16/h5-6,9,18,20H,3-4,7-8,10-11,17H2,1-2H3. The van der Waals surface area contributed by atoms with Gasteiger partial charge in [0.2, 0.25) is 0 Å². The first kappa shape index (κ1) is 15.6. The van der Waals surface area contributed by atoms with E-state index in [9.17, 15) is 9.90 Å². The van der Waals surface area contributed by atoms with Gasteiger partial charge in [-0.2, -0.15) is 0 Å². The molecule has 0 heterocycles. The van der Waals surface area contributed by atoms with Gasteiger partial charge in [-0.05, 0) is 31.0 Å². The lowest BCUT2D eigenvalue weighted by Gasteiger charge is -2.27. The Morgan fingerprint density at radius 3 is 2.57 bits per heavy atom. The minimum Gasteiger partial charge on any atom is -0.397 e. The van der Waals surface area contributed by atoms with E-state index in [0.717, 1.165) is 18.5 Å². The molecular weight excluding hydrogens is 266 g/mol. The first-order valence-corrected chi connectivity index (χ1v) is 7.43. The molecule has 116 valence electrons. The fourth-order valence-corrected chi connectivity index (χ4v) is 2.91. The van der Waals surface area contributed by atoms with E-state index in [2.05, 4.69) is 5.32 Å². The summed E-state index contributed by atoms with van der Waals surface area (Å²) in [6.45, 7) is 0.922. The van der Waals surface area contributed by atoms with Crippen molar-refractivity contribution < 1.29 is 9.90 Å². The molecule has 0 radical (unpaired) electrons. The van der Waals surface area contributed by atoms with E-state index in [-0.39, 0.29) is 17.9 Å². The molecule has 1 amide bonds. The molecule has 1 saturated carbocycles. The van der Waals surface area contributed by atoms with Crippen molar-refractivity contribution in [1.82, 2.24) is 4.90 Å². The molecule has 1 aliphatic rings. The van der Waals surface area contributed by atoms with Crippen LogP contribution in [0, 0.1) is 5.41 Å². The zero-order valence-corrected chi connectivity index (χ0v) is 12.9. The predicted octanol–water partition coefficient (Wildman–Crippen LogP) is 1.94. The highest BCUT2D eigenvalue weighted by Crippen LogP contribution is 2.38. The number of benzene rings is 1. The third kappa shape index (κ3) is 3.47. The van der Waals surface area contributed by atoms with E-state index < -0.39 is 0 Å². The molecule has 1 aliphatic carbocycles. The quantitative estimate of drug-likeness (QED) is 0.724. The molecule has 0 aliphatic heterocycles. The van der Waals surface area contributed by atoms with Gasteiger partial charge in [-0.25, -0.2) is 0 Å². The van der Waals surface area contributed by atoms with Crippen LogP contribution in [-0.4, -0.2) is 43.2 Å². The average molecular weight is 291 g/mol. The highest BCUT2D eigenvalue weighted by molar-refractivity contribution is 5.95. The number of nitrogens with one attached hydrogen (secondary N) is 1. The van der Waals surface area contributed by atoms with Crippen molar-refractivity contribution in [2.75, 3.05) is 38.3 Å². The number of aliphatic hydroxyl groups excluding tert-OH is 1. The maximum atomic E-state index is 11.9. The number of nitrogens with zero attached hydrogens (tertiary/aromatic N) is 1. The Labute approximate surface area is 126 Å². The maximum Gasteiger partial charge on any atom is 0.253 e. The van der Waals surface area contributed by atoms with Gasteiger partial charge in [0.05, 0.1) is 18.0 Å². The summed E-state index contributed by atoms with van der Waals surface area (Å²) in [6.07, 6.45) is 4.45. The number of nitrogens with two attached hydrogens (primary N) is 1. The summed E-state index contributed by atoms with van der Waals surface area (Å²) < 4.78 is 0. The number of anilines is 2. The van der Waals surface area contributed by atoms with Crippen LogP contribution >= 0.6 is 0 Å². The minimum absolute atomic E-state index is 0.0232. The summed E-state index contributed by atoms with van der Waals surface area (Å²) >= 11 is 0. The zero-order chi connectivity index (χ0) is 15.5. The Bertz CT molecular complexity index is 508. The Morgan fingerprint density at radius 2 is 2.05 bits per heavy atom. The number of carbonyl (C=O) groups is 1. The highest BCUT2D eigenvalue weighted by atomic mass is 16.3. The second-order valence-electron chi connectivity index (χ2n) is 6.22. The van der Waals surface area contributed by atoms with Crippen LogP contribution in [0.5, 0.6) is 0 Å². The molecule has 0 bridgehead atoms. The smallest absolute Gasteiger partial charge is 0.253 e. The van der Waals surface area contributed by atoms with Crippen molar-refractivity contribution in [3.05, 3.63) is 23.8 Å². The molecule has 1 aromatic rings. The molecule has 0 saturated heterocycles. The van der Waals surface area contributed by atoms with E-state index in [1.54, 1.807) is 26.2 Å². The van der Waals surface area contributed by atoms with Gasteiger partial charge in [0.1, 0.15) is 0 Å². The van der Waals surface area contributed by atoms with Gasteiger partial charge in [-0.15, -0.1) is 0 Å². The summed E-state index contributed by atoms with van der Waals surface area (Å²) in [5.41, 5.74) is 7.98. The number of hydrogen-bond acceptors (Lipinski definition) is 4. The summed E-state index contributed by atoms with van der Waals surface area (Å²) in [6, 6.07) is 5.32. The van der Waals surface area contributed by atoms with Crippen molar-refractivity contribution in [3.8, 4) is 0 Å². The SMILES string of the molecule is CN(C)C(=O)c1ccc(NCC2(CO)CCCC2)c(N)c1. The van der Waals surface area contributed by atoms with Gasteiger partial charge in [0, 0.05) is 31.6 Å². The summed E-state index contributed by atoms with van der Waals surface area (Å²) in [7, 11) is 3.44. The second kappa shape index (κ2) is 6.35. The molecule has 5 heteroatoms. The Morgan fingerprint density at radius 1 is 1.38 bits per heavy atom. The van der Waals surface area contributed by atoms with E-state index in [1.807, 2.05) is 6.07 Å².